The number of carbonyl (C=O) groups excluding carboxylic acids is 2. The zero-order chi connectivity index (χ0) is 20.1. The van der Waals surface area contributed by atoms with E-state index < -0.39 is 0 Å². The summed E-state index contributed by atoms with van der Waals surface area (Å²) < 4.78 is 10.7. The predicted molar refractivity (Wildman–Crippen MR) is 111 cm³/mol. The van der Waals surface area contributed by atoms with Gasteiger partial charge in [-0.3, -0.25) is 9.59 Å². The van der Waals surface area contributed by atoms with Crippen molar-refractivity contribution in [1.82, 2.24) is 10.3 Å². The van der Waals surface area contributed by atoms with Gasteiger partial charge >= 0.3 is 0 Å². The fourth-order valence-electron chi connectivity index (χ4n) is 2.65. The highest BCUT2D eigenvalue weighted by atomic mass is 32.1. The number of nitrogens with one attached hydrogen (secondary N) is 2. The van der Waals surface area contributed by atoms with Crippen LogP contribution in [0.1, 0.15) is 5.56 Å². The minimum absolute atomic E-state index is 0.142. The Morgan fingerprint density at radius 1 is 1.10 bits per heavy atom. The number of rotatable bonds is 6. The van der Waals surface area contributed by atoms with E-state index in [2.05, 4.69) is 15.6 Å². The lowest BCUT2D eigenvalue weighted by Crippen LogP contribution is -2.31. The Kier molecular flexibility index (Phi) is 5.53. The van der Waals surface area contributed by atoms with Gasteiger partial charge < -0.3 is 20.1 Å². The monoisotopic (exact) mass is 407 g/mol. The Hall–Kier alpha value is -3.65. The first kappa shape index (κ1) is 18.7. The molecule has 8 heteroatoms. The molecular formula is C21H17N3O4S. The normalized spacial score (nSPS) is 12.1. The van der Waals surface area contributed by atoms with Crippen molar-refractivity contribution in [2.45, 2.75) is 0 Å². The minimum atomic E-state index is -0.349. The number of hydrogen-bond acceptors (Lipinski definition) is 6. The molecule has 4 rings (SSSR count). The van der Waals surface area contributed by atoms with Crippen LogP contribution in [0, 0.1) is 0 Å². The third-order valence-electron chi connectivity index (χ3n) is 4.07. The molecule has 2 aromatic carbocycles. The van der Waals surface area contributed by atoms with Gasteiger partial charge in [0.15, 0.2) is 16.6 Å². The van der Waals surface area contributed by atoms with Gasteiger partial charge in [0.2, 0.25) is 18.6 Å². The van der Waals surface area contributed by atoms with Crippen LogP contribution in [0.3, 0.4) is 0 Å². The molecule has 3 aromatic rings. The topological polar surface area (TPSA) is 89.6 Å². The molecule has 1 aliphatic heterocycles. The second kappa shape index (κ2) is 8.57. The van der Waals surface area contributed by atoms with Crippen molar-refractivity contribution >= 4 is 34.4 Å². The number of anilines is 1. The number of aromatic nitrogens is 1. The lowest BCUT2D eigenvalue weighted by Gasteiger charge is -2.03. The van der Waals surface area contributed by atoms with Crippen molar-refractivity contribution in [3.8, 4) is 22.8 Å². The molecule has 2 N–H and O–H groups in total. The van der Waals surface area contributed by atoms with E-state index in [0.29, 0.717) is 16.6 Å². The summed E-state index contributed by atoms with van der Waals surface area (Å²) in [5.74, 6) is 0.684. The lowest BCUT2D eigenvalue weighted by atomic mass is 10.1. The molecule has 0 spiro atoms. The maximum Gasteiger partial charge on any atom is 0.245 e. The summed E-state index contributed by atoms with van der Waals surface area (Å²) in [6.45, 7) is 0.0698. The van der Waals surface area contributed by atoms with Crippen LogP contribution >= 0.6 is 11.3 Å². The Bertz CT molecular complexity index is 1060. The van der Waals surface area contributed by atoms with Gasteiger partial charge in [-0.1, -0.05) is 30.3 Å². The summed E-state index contributed by atoms with van der Waals surface area (Å²) >= 11 is 1.31. The Balaban J connectivity index is 1.29. The second-order valence-corrected chi connectivity index (χ2v) is 6.97. The molecule has 0 fully saturated rings. The first-order valence-electron chi connectivity index (χ1n) is 8.84. The number of hydrogen-bond donors (Lipinski definition) is 2. The molecule has 7 nitrogen and oxygen atoms in total. The summed E-state index contributed by atoms with van der Waals surface area (Å²) in [6, 6.07) is 15.0. The largest absolute Gasteiger partial charge is 0.454 e. The molecule has 0 saturated carbocycles. The fourth-order valence-corrected chi connectivity index (χ4v) is 3.38. The highest BCUT2D eigenvalue weighted by Crippen LogP contribution is 2.36. The van der Waals surface area contributed by atoms with Crippen LogP contribution in [-0.2, 0) is 9.59 Å². The number of thiazole rings is 1. The number of ether oxygens (including phenoxy) is 2. The van der Waals surface area contributed by atoms with Crippen molar-refractivity contribution in [2.24, 2.45) is 0 Å². The quantitative estimate of drug-likeness (QED) is 0.612. The van der Waals surface area contributed by atoms with E-state index in [1.807, 2.05) is 53.9 Å². The van der Waals surface area contributed by atoms with Gasteiger partial charge in [0.05, 0.1) is 12.2 Å². The lowest BCUT2D eigenvalue weighted by molar-refractivity contribution is -0.121. The number of nitrogens with zero attached hydrogens (tertiary/aromatic N) is 1. The highest BCUT2D eigenvalue weighted by molar-refractivity contribution is 7.14. The van der Waals surface area contributed by atoms with Crippen LogP contribution in [0.25, 0.3) is 17.3 Å². The van der Waals surface area contributed by atoms with Crippen molar-refractivity contribution in [3.05, 3.63) is 65.6 Å². The molecule has 29 heavy (non-hydrogen) atoms. The Morgan fingerprint density at radius 3 is 2.79 bits per heavy atom. The third kappa shape index (κ3) is 4.80. The zero-order valence-electron chi connectivity index (χ0n) is 15.3. The molecule has 146 valence electrons. The molecule has 1 aromatic heterocycles. The van der Waals surface area contributed by atoms with Crippen molar-refractivity contribution in [3.63, 3.8) is 0 Å². The first-order valence-corrected chi connectivity index (χ1v) is 9.72. The van der Waals surface area contributed by atoms with Gasteiger partial charge in [0.1, 0.15) is 0 Å². The molecule has 0 aliphatic carbocycles. The van der Waals surface area contributed by atoms with Gasteiger partial charge in [0, 0.05) is 17.0 Å². The van der Waals surface area contributed by atoms with Gasteiger partial charge in [-0.2, -0.15) is 0 Å². The molecule has 0 radical (unpaired) electrons. The maximum atomic E-state index is 12.1. The third-order valence-corrected chi connectivity index (χ3v) is 4.83. The fraction of sp³-hybridized carbons (Fsp3) is 0.0952. The SMILES string of the molecule is O=C(/C=C/c1ccccc1)NCC(=O)Nc1nc(-c2ccc3c(c2)OCO3)cs1. The minimum Gasteiger partial charge on any atom is -0.454 e. The van der Waals surface area contributed by atoms with Crippen molar-refractivity contribution in [2.75, 3.05) is 18.7 Å². The van der Waals surface area contributed by atoms with E-state index in [1.165, 1.54) is 17.4 Å². The van der Waals surface area contributed by atoms with E-state index >= 15 is 0 Å². The zero-order valence-corrected chi connectivity index (χ0v) is 16.1. The van der Waals surface area contributed by atoms with E-state index in [9.17, 15) is 9.59 Å². The van der Waals surface area contributed by atoms with Crippen molar-refractivity contribution < 1.29 is 19.1 Å². The molecule has 1 aliphatic rings. The van der Waals surface area contributed by atoms with Crippen LogP contribution in [0.4, 0.5) is 5.13 Å². The molecule has 0 atom stereocenters. The van der Waals surface area contributed by atoms with Crippen LogP contribution in [0.15, 0.2) is 60.0 Å². The van der Waals surface area contributed by atoms with Crippen LogP contribution < -0.4 is 20.1 Å². The second-order valence-electron chi connectivity index (χ2n) is 6.12. The summed E-state index contributed by atoms with van der Waals surface area (Å²) in [4.78, 5) is 28.3. The smallest absolute Gasteiger partial charge is 0.245 e. The molecular weight excluding hydrogens is 390 g/mol. The van der Waals surface area contributed by atoms with E-state index in [-0.39, 0.29) is 25.2 Å². The molecule has 2 heterocycles. The van der Waals surface area contributed by atoms with Crippen LogP contribution in [0.5, 0.6) is 11.5 Å². The van der Waals surface area contributed by atoms with Crippen LogP contribution in [-0.4, -0.2) is 30.1 Å². The first-order chi connectivity index (χ1) is 14.2. The van der Waals surface area contributed by atoms with Gasteiger partial charge in [-0.25, -0.2) is 4.98 Å². The standard InChI is InChI=1S/C21H17N3O4S/c25-19(9-6-14-4-2-1-3-5-14)22-11-20(26)24-21-23-16(12-29-21)15-7-8-17-18(10-15)28-13-27-17/h1-10,12H,11,13H2,(H,22,25)(H,23,24,26)/b9-6+. The summed E-state index contributed by atoms with van der Waals surface area (Å²) in [6.07, 6.45) is 3.08. The van der Waals surface area contributed by atoms with Gasteiger partial charge in [-0.15, -0.1) is 11.3 Å². The highest BCUT2D eigenvalue weighted by Gasteiger charge is 2.15. The predicted octanol–water partition coefficient (Wildman–Crippen LogP) is 3.31. The van der Waals surface area contributed by atoms with E-state index in [0.717, 1.165) is 16.8 Å². The Morgan fingerprint density at radius 2 is 1.93 bits per heavy atom. The number of fused-ring (bicyclic) bond motifs is 1. The number of carbonyl (C=O) groups is 2. The van der Waals surface area contributed by atoms with Gasteiger partial charge in [0.25, 0.3) is 0 Å². The van der Waals surface area contributed by atoms with E-state index in [4.69, 9.17) is 9.47 Å². The molecule has 0 bridgehead atoms. The van der Waals surface area contributed by atoms with Crippen LogP contribution in [0.2, 0.25) is 0 Å². The maximum absolute atomic E-state index is 12.1. The summed E-state index contributed by atoms with van der Waals surface area (Å²) in [5.41, 5.74) is 2.50. The Labute approximate surface area is 171 Å². The van der Waals surface area contributed by atoms with Gasteiger partial charge in [-0.05, 0) is 29.8 Å². The number of benzene rings is 2. The summed E-state index contributed by atoms with van der Waals surface area (Å²) in [5, 5.41) is 7.53. The average Bonchev–Trinajstić information content (AvgIpc) is 3.40. The van der Waals surface area contributed by atoms with E-state index in [1.54, 1.807) is 6.08 Å². The molecule has 0 unspecified atom stereocenters. The number of amides is 2. The molecule has 2 amide bonds. The van der Waals surface area contributed by atoms with Crippen molar-refractivity contribution in [1.29, 1.82) is 0 Å². The summed E-state index contributed by atoms with van der Waals surface area (Å²) in [7, 11) is 0. The average molecular weight is 407 g/mol. The molecule has 0 saturated heterocycles.